The van der Waals surface area contributed by atoms with E-state index in [1.165, 1.54) is 36.4 Å². The fraction of sp³-hybridized carbons (Fsp3) is 0.333. The van der Waals surface area contributed by atoms with Crippen molar-refractivity contribution in [2.24, 2.45) is 0 Å². The van der Waals surface area contributed by atoms with Crippen LogP contribution in [-0.4, -0.2) is 49.7 Å². The molecule has 0 bridgehead atoms. The molecule has 1 heterocycles. The Morgan fingerprint density at radius 1 is 1.00 bits per heavy atom. The van der Waals surface area contributed by atoms with Crippen LogP contribution in [0.15, 0.2) is 48.5 Å². The maximum absolute atomic E-state index is 13.7. The summed E-state index contributed by atoms with van der Waals surface area (Å²) in [6, 6.07) is 11.0. The van der Waals surface area contributed by atoms with Crippen LogP contribution in [0.1, 0.15) is 17.2 Å². The Morgan fingerprint density at radius 2 is 1.73 bits per heavy atom. The van der Waals surface area contributed by atoms with Gasteiger partial charge in [-0.25, -0.2) is 19.0 Å². The van der Waals surface area contributed by atoms with Crippen molar-refractivity contribution >= 4 is 11.9 Å². The second-order valence-corrected chi connectivity index (χ2v) is 6.91. The van der Waals surface area contributed by atoms with Gasteiger partial charge in [0.1, 0.15) is 11.6 Å². The summed E-state index contributed by atoms with van der Waals surface area (Å²) in [5.74, 6) is -1.17. The number of amides is 3. The molecule has 1 aliphatic rings. The number of halogens is 2. The van der Waals surface area contributed by atoms with Crippen molar-refractivity contribution in [1.29, 1.82) is 0 Å². The van der Waals surface area contributed by atoms with E-state index in [1.807, 2.05) is 6.07 Å². The van der Waals surface area contributed by atoms with Crippen molar-refractivity contribution in [3.8, 4) is 0 Å². The average molecular weight is 418 g/mol. The average Bonchev–Trinajstić information content (AvgIpc) is 2.75. The van der Waals surface area contributed by atoms with Gasteiger partial charge in [0.05, 0.1) is 25.7 Å². The number of carbonyl (C=O) groups excluding carboxylic acids is 2. The number of carbonyl (C=O) groups is 2. The van der Waals surface area contributed by atoms with Gasteiger partial charge >= 0.3 is 6.03 Å². The van der Waals surface area contributed by atoms with Crippen molar-refractivity contribution < 1.29 is 23.1 Å². The monoisotopic (exact) mass is 418 g/mol. The Hall–Kier alpha value is -3.04. The minimum atomic E-state index is -0.586. The second-order valence-electron chi connectivity index (χ2n) is 6.91. The molecule has 160 valence electrons. The Kier molecular flexibility index (Phi) is 7.69. The molecule has 0 spiro atoms. The Labute approximate surface area is 173 Å². The lowest BCUT2D eigenvalue weighted by molar-refractivity contribution is -0.121. The van der Waals surface area contributed by atoms with Gasteiger partial charge in [-0.2, -0.15) is 0 Å². The molecule has 7 nitrogen and oxygen atoms in total. The van der Waals surface area contributed by atoms with E-state index in [0.29, 0.717) is 31.9 Å². The van der Waals surface area contributed by atoms with Crippen LogP contribution in [0.3, 0.4) is 0 Å². The van der Waals surface area contributed by atoms with Crippen LogP contribution < -0.4 is 16.2 Å². The van der Waals surface area contributed by atoms with Gasteiger partial charge in [-0.15, -0.1) is 0 Å². The lowest BCUT2D eigenvalue weighted by atomic mass is 10.0. The summed E-state index contributed by atoms with van der Waals surface area (Å²) in [4.78, 5) is 26.2. The maximum atomic E-state index is 13.7. The van der Waals surface area contributed by atoms with E-state index >= 15 is 0 Å². The number of hydrogen-bond acceptors (Lipinski definition) is 4. The van der Waals surface area contributed by atoms with Crippen LogP contribution in [0.2, 0.25) is 0 Å². The van der Waals surface area contributed by atoms with Crippen molar-refractivity contribution in [1.82, 2.24) is 21.1 Å². The van der Waals surface area contributed by atoms with Gasteiger partial charge in [0.2, 0.25) is 5.91 Å². The lowest BCUT2D eigenvalue weighted by Gasteiger charge is -2.34. The fourth-order valence-corrected chi connectivity index (χ4v) is 3.25. The smallest absolute Gasteiger partial charge is 0.333 e. The molecule has 1 unspecified atom stereocenters. The minimum Gasteiger partial charge on any atom is -0.379 e. The molecule has 1 aliphatic heterocycles. The van der Waals surface area contributed by atoms with Gasteiger partial charge in [0, 0.05) is 19.6 Å². The summed E-state index contributed by atoms with van der Waals surface area (Å²) < 4.78 is 32.0. The Morgan fingerprint density at radius 3 is 2.43 bits per heavy atom. The third-order valence-corrected chi connectivity index (χ3v) is 4.77. The number of hydrogen-bond donors (Lipinski definition) is 3. The van der Waals surface area contributed by atoms with Gasteiger partial charge in [-0.1, -0.05) is 24.3 Å². The first-order chi connectivity index (χ1) is 14.5. The number of nitrogens with zero attached hydrogens (tertiary/aromatic N) is 1. The van der Waals surface area contributed by atoms with Crippen molar-refractivity contribution in [3.63, 3.8) is 0 Å². The Bertz CT molecular complexity index is 858. The fourth-order valence-electron chi connectivity index (χ4n) is 3.25. The zero-order chi connectivity index (χ0) is 21.3. The van der Waals surface area contributed by atoms with E-state index in [0.717, 1.165) is 5.56 Å². The van der Waals surface area contributed by atoms with Crippen molar-refractivity contribution in [2.75, 3.05) is 32.8 Å². The van der Waals surface area contributed by atoms with E-state index in [1.54, 1.807) is 6.07 Å². The lowest BCUT2D eigenvalue weighted by Crippen LogP contribution is -2.50. The van der Waals surface area contributed by atoms with Crippen LogP contribution >= 0.6 is 0 Å². The molecule has 0 aromatic heterocycles. The van der Waals surface area contributed by atoms with Crippen LogP contribution in [0.5, 0.6) is 0 Å². The normalized spacial score (nSPS) is 15.3. The summed E-state index contributed by atoms with van der Waals surface area (Å²) in [5.41, 5.74) is 5.97. The Balaban J connectivity index is 1.51. The van der Waals surface area contributed by atoms with E-state index in [-0.39, 0.29) is 30.6 Å². The molecule has 30 heavy (non-hydrogen) atoms. The van der Waals surface area contributed by atoms with Crippen molar-refractivity contribution in [2.45, 2.75) is 12.5 Å². The zero-order valence-corrected chi connectivity index (χ0v) is 16.4. The number of morpholine rings is 1. The summed E-state index contributed by atoms with van der Waals surface area (Å²) in [7, 11) is 0. The second kappa shape index (κ2) is 10.7. The molecule has 3 rings (SSSR count). The van der Waals surface area contributed by atoms with E-state index in [4.69, 9.17) is 4.74 Å². The molecule has 1 saturated heterocycles. The van der Waals surface area contributed by atoms with Crippen molar-refractivity contribution in [3.05, 3.63) is 71.3 Å². The number of ether oxygens (including phenoxy) is 1. The first kappa shape index (κ1) is 21.7. The molecule has 0 saturated carbocycles. The standard InChI is InChI=1S/C21H24F2N4O3/c22-17-6-4-15(5-7-17)12-20(28)25-26-21(29)24-14-19(27-8-10-30-11-9-27)16-2-1-3-18(23)13-16/h1-7,13,19H,8-12,14H2,(H,25,28)(H2,24,26,29). The summed E-state index contributed by atoms with van der Waals surface area (Å²) in [5, 5.41) is 2.71. The number of benzene rings is 2. The molecular weight excluding hydrogens is 394 g/mol. The van der Waals surface area contributed by atoms with Crippen LogP contribution in [0.25, 0.3) is 0 Å². The zero-order valence-electron chi connectivity index (χ0n) is 16.4. The highest BCUT2D eigenvalue weighted by atomic mass is 19.1. The topological polar surface area (TPSA) is 82.7 Å². The van der Waals surface area contributed by atoms with E-state index < -0.39 is 11.9 Å². The molecule has 1 fully saturated rings. The molecule has 3 N–H and O–H groups in total. The van der Waals surface area contributed by atoms with E-state index in [9.17, 15) is 18.4 Å². The van der Waals surface area contributed by atoms with Gasteiger partial charge in [-0.05, 0) is 35.4 Å². The van der Waals surface area contributed by atoms with Crippen LogP contribution in [0.4, 0.5) is 13.6 Å². The van der Waals surface area contributed by atoms with Gasteiger partial charge in [0.15, 0.2) is 0 Å². The highest BCUT2D eigenvalue weighted by molar-refractivity contribution is 5.82. The van der Waals surface area contributed by atoms with E-state index in [2.05, 4.69) is 21.1 Å². The molecule has 0 radical (unpaired) electrons. The summed E-state index contributed by atoms with van der Waals surface area (Å²) in [6.07, 6.45) is 0.000253. The quantitative estimate of drug-likeness (QED) is 0.626. The predicted octanol–water partition coefficient (Wildman–Crippen LogP) is 1.91. The molecule has 2 aromatic rings. The summed E-state index contributed by atoms with van der Waals surface area (Å²) >= 11 is 0. The number of hydrazine groups is 1. The third kappa shape index (κ3) is 6.50. The first-order valence-electron chi connectivity index (χ1n) is 9.65. The summed E-state index contributed by atoms with van der Waals surface area (Å²) in [6.45, 7) is 2.69. The highest BCUT2D eigenvalue weighted by Gasteiger charge is 2.23. The molecule has 9 heteroatoms. The van der Waals surface area contributed by atoms with Crippen LogP contribution in [-0.2, 0) is 16.0 Å². The minimum absolute atomic E-state index is 0.000253. The molecule has 3 amide bonds. The molecule has 2 aromatic carbocycles. The predicted molar refractivity (Wildman–Crippen MR) is 106 cm³/mol. The highest BCUT2D eigenvalue weighted by Crippen LogP contribution is 2.22. The largest absolute Gasteiger partial charge is 0.379 e. The molecular formula is C21H24F2N4O3. The maximum Gasteiger partial charge on any atom is 0.333 e. The van der Waals surface area contributed by atoms with Crippen LogP contribution in [0, 0.1) is 11.6 Å². The number of rotatable bonds is 6. The van der Waals surface area contributed by atoms with Gasteiger partial charge in [0.25, 0.3) is 0 Å². The first-order valence-corrected chi connectivity index (χ1v) is 9.65. The van der Waals surface area contributed by atoms with Gasteiger partial charge < -0.3 is 10.1 Å². The SMILES string of the molecule is O=C(Cc1ccc(F)cc1)NNC(=O)NCC(c1cccc(F)c1)N1CCOCC1. The molecule has 0 aliphatic carbocycles. The number of nitrogens with one attached hydrogen (secondary N) is 3. The molecule has 1 atom stereocenters. The third-order valence-electron chi connectivity index (χ3n) is 4.77. The van der Waals surface area contributed by atoms with Gasteiger partial charge in [-0.3, -0.25) is 15.1 Å². The number of urea groups is 1.